The Hall–Kier alpha value is -4.00. The van der Waals surface area contributed by atoms with Crippen molar-refractivity contribution in [1.29, 1.82) is 0 Å². The van der Waals surface area contributed by atoms with Crippen LogP contribution in [0.1, 0.15) is 28.1 Å². The largest absolute Gasteiger partial charge is 0.439 e. The van der Waals surface area contributed by atoms with Crippen LogP contribution in [0.5, 0.6) is 11.6 Å². The number of aromatic nitrogens is 4. The standard InChI is InChI=1S/C25H25N5O2/c1-16-6-5-7-20(12-16)13-24(31)28-21-8-10-22(11-9-21)32-25-14-23(26-15-27-25)30-19(4)17(2)18(3)29-30/h5-12,14-15H,13H2,1-4H3,(H,28,31). The Morgan fingerprint density at radius 3 is 2.47 bits per heavy atom. The predicted molar refractivity (Wildman–Crippen MR) is 123 cm³/mol. The van der Waals surface area contributed by atoms with Gasteiger partial charge in [0.2, 0.25) is 11.8 Å². The molecule has 0 aliphatic heterocycles. The molecule has 1 N–H and O–H groups in total. The lowest BCUT2D eigenvalue weighted by Crippen LogP contribution is -2.14. The Bertz CT molecular complexity index is 1260. The van der Waals surface area contributed by atoms with Gasteiger partial charge in [-0.1, -0.05) is 29.8 Å². The predicted octanol–water partition coefficient (Wildman–Crippen LogP) is 4.87. The zero-order valence-corrected chi connectivity index (χ0v) is 18.6. The molecule has 4 rings (SSSR count). The van der Waals surface area contributed by atoms with E-state index in [1.807, 2.05) is 52.0 Å². The van der Waals surface area contributed by atoms with Gasteiger partial charge in [0.25, 0.3) is 0 Å². The topological polar surface area (TPSA) is 81.9 Å². The molecule has 32 heavy (non-hydrogen) atoms. The molecular weight excluding hydrogens is 402 g/mol. The number of anilines is 1. The van der Waals surface area contributed by atoms with Crippen molar-refractivity contribution < 1.29 is 9.53 Å². The third-order valence-corrected chi connectivity index (χ3v) is 5.31. The number of ether oxygens (including phenoxy) is 1. The van der Waals surface area contributed by atoms with Gasteiger partial charge in [-0.3, -0.25) is 4.79 Å². The molecule has 2 aromatic heterocycles. The highest BCUT2D eigenvalue weighted by atomic mass is 16.5. The monoisotopic (exact) mass is 427 g/mol. The highest BCUT2D eigenvalue weighted by Crippen LogP contribution is 2.23. The minimum absolute atomic E-state index is 0.0649. The van der Waals surface area contributed by atoms with Crippen LogP contribution in [0.3, 0.4) is 0 Å². The molecular formula is C25H25N5O2. The number of rotatable bonds is 6. The lowest BCUT2D eigenvalue weighted by Gasteiger charge is -2.09. The Morgan fingerprint density at radius 2 is 1.78 bits per heavy atom. The van der Waals surface area contributed by atoms with E-state index in [2.05, 4.69) is 20.4 Å². The molecule has 7 heteroatoms. The van der Waals surface area contributed by atoms with Crippen molar-refractivity contribution in [3.63, 3.8) is 0 Å². The molecule has 0 aliphatic carbocycles. The average Bonchev–Trinajstić information content (AvgIpc) is 3.03. The van der Waals surface area contributed by atoms with Gasteiger partial charge in [0.1, 0.15) is 12.1 Å². The van der Waals surface area contributed by atoms with Crippen molar-refractivity contribution in [2.45, 2.75) is 34.1 Å². The van der Waals surface area contributed by atoms with E-state index in [4.69, 9.17) is 4.74 Å². The van der Waals surface area contributed by atoms with E-state index in [-0.39, 0.29) is 5.91 Å². The molecule has 0 spiro atoms. The van der Waals surface area contributed by atoms with Crippen molar-refractivity contribution in [2.24, 2.45) is 0 Å². The minimum Gasteiger partial charge on any atom is -0.439 e. The third kappa shape index (κ3) is 4.83. The summed E-state index contributed by atoms with van der Waals surface area (Å²) in [5, 5.41) is 7.45. The van der Waals surface area contributed by atoms with Crippen LogP contribution in [0.4, 0.5) is 5.69 Å². The van der Waals surface area contributed by atoms with E-state index < -0.39 is 0 Å². The number of aryl methyl sites for hydroxylation is 2. The van der Waals surface area contributed by atoms with Crippen molar-refractivity contribution in [2.75, 3.05) is 5.32 Å². The summed E-state index contributed by atoms with van der Waals surface area (Å²) in [6, 6.07) is 16.9. The van der Waals surface area contributed by atoms with Crippen molar-refractivity contribution in [3.8, 4) is 17.4 Å². The van der Waals surface area contributed by atoms with Crippen LogP contribution < -0.4 is 10.1 Å². The summed E-state index contributed by atoms with van der Waals surface area (Å²) >= 11 is 0. The second-order valence-corrected chi connectivity index (χ2v) is 7.76. The van der Waals surface area contributed by atoms with Crippen LogP contribution in [-0.2, 0) is 11.2 Å². The summed E-state index contributed by atoms with van der Waals surface area (Å²) in [5.41, 5.74) is 5.95. The SMILES string of the molecule is Cc1cccc(CC(=O)Nc2ccc(Oc3cc(-n4nc(C)c(C)c4C)ncn3)cc2)c1. The van der Waals surface area contributed by atoms with E-state index in [9.17, 15) is 4.79 Å². The first kappa shape index (κ1) is 21.2. The van der Waals surface area contributed by atoms with Crippen LogP contribution in [0.25, 0.3) is 5.82 Å². The summed E-state index contributed by atoms with van der Waals surface area (Å²) in [7, 11) is 0. The molecule has 0 saturated heterocycles. The van der Waals surface area contributed by atoms with Crippen LogP contribution in [-0.4, -0.2) is 25.7 Å². The average molecular weight is 428 g/mol. The highest BCUT2D eigenvalue weighted by Gasteiger charge is 2.12. The zero-order chi connectivity index (χ0) is 22.7. The summed E-state index contributed by atoms with van der Waals surface area (Å²) in [6.07, 6.45) is 1.78. The number of benzene rings is 2. The van der Waals surface area contributed by atoms with Crippen molar-refractivity contribution in [1.82, 2.24) is 19.7 Å². The molecule has 7 nitrogen and oxygen atoms in total. The van der Waals surface area contributed by atoms with E-state index >= 15 is 0 Å². The van der Waals surface area contributed by atoms with Crippen LogP contribution in [0.2, 0.25) is 0 Å². The highest BCUT2D eigenvalue weighted by molar-refractivity contribution is 5.92. The first-order valence-corrected chi connectivity index (χ1v) is 10.4. The Balaban J connectivity index is 1.41. The Kier molecular flexibility index (Phi) is 5.98. The quantitative estimate of drug-likeness (QED) is 0.475. The van der Waals surface area contributed by atoms with Gasteiger partial charge < -0.3 is 10.1 Å². The maximum absolute atomic E-state index is 12.3. The van der Waals surface area contributed by atoms with Crippen molar-refractivity contribution >= 4 is 11.6 Å². The van der Waals surface area contributed by atoms with Gasteiger partial charge in [-0.25, -0.2) is 14.6 Å². The van der Waals surface area contributed by atoms with Gasteiger partial charge in [-0.15, -0.1) is 0 Å². The molecule has 0 bridgehead atoms. The number of nitrogens with one attached hydrogen (secondary N) is 1. The molecule has 0 atom stereocenters. The first-order chi connectivity index (χ1) is 15.4. The Labute approximate surface area is 187 Å². The van der Waals surface area contributed by atoms with Crippen LogP contribution in [0.15, 0.2) is 60.9 Å². The molecule has 1 amide bonds. The summed E-state index contributed by atoms with van der Waals surface area (Å²) in [4.78, 5) is 20.8. The summed E-state index contributed by atoms with van der Waals surface area (Å²) in [6.45, 7) is 8.02. The van der Waals surface area contributed by atoms with E-state index in [0.29, 0.717) is 29.6 Å². The number of hydrogen-bond acceptors (Lipinski definition) is 5. The fourth-order valence-electron chi connectivity index (χ4n) is 3.38. The van der Waals surface area contributed by atoms with Crippen LogP contribution in [0, 0.1) is 27.7 Å². The number of hydrogen-bond donors (Lipinski definition) is 1. The van der Waals surface area contributed by atoms with Gasteiger partial charge in [0.15, 0.2) is 5.82 Å². The zero-order valence-electron chi connectivity index (χ0n) is 18.6. The third-order valence-electron chi connectivity index (χ3n) is 5.31. The second-order valence-electron chi connectivity index (χ2n) is 7.76. The normalized spacial score (nSPS) is 10.8. The lowest BCUT2D eigenvalue weighted by atomic mass is 10.1. The minimum atomic E-state index is -0.0649. The van der Waals surface area contributed by atoms with E-state index in [1.54, 1.807) is 35.0 Å². The Morgan fingerprint density at radius 1 is 1.00 bits per heavy atom. The summed E-state index contributed by atoms with van der Waals surface area (Å²) in [5.74, 6) is 1.60. The number of amides is 1. The molecule has 0 unspecified atom stereocenters. The van der Waals surface area contributed by atoms with Crippen LogP contribution >= 0.6 is 0 Å². The summed E-state index contributed by atoms with van der Waals surface area (Å²) < 4.78 is 7.67. The van der Waals surface area contributed by atoms with Gasteiger partial charge in [-0.05, 0) is 63.1 Å². The van der Waals surface area contributed by atoms with E-state index in [1.165, 1.54) is 6.33 Å². The van der Waals surface area contributed by atoms with Gasteiger partial charge in [0, 0.05) is 17.4 Å². The van der Waals surface area contributed by atoms with Gasteiger partial charge in [-0.2, -0.15) is 5.10 Å². The molecule has 2 heterocycles. The molecule has 162 valence electrons. The molecule has 2 aromatic carbocycles. The number of nitrogens with zero attached hydrogens (tertiary/aromatic N) is 4. The lowest BCUT2D eigenvalue weighted by molar-refractivity contribution is -0.115. The second kappa shape index (κ2) is 9.01. The first-order valence-electron chi connectivity index (χ1n) is 10.4. The smallest absolute Gasteiger partial charge is 0.228 e. The fraction of sp³-hybridized carbons (Fsp3) is 0.200. The van der Waals surface area contributed by atoms with Crippen molar-refractivity contribution in [3.05, 3.63) is 89.0 Å². The molecule has 0 saturated carbocycles. The fourth-order valence-corrected chi connectivity index (χ4v) is 3.38. The van der Waals surface area contributed by atoms with Gasteiger partial charge >= 0.3 is 0 Å². The van der Waals surface area contributed by atoms with E-state index in [0.717, 1.165) is 28.1 Å². The molecule has 0 fully saturated rings. The number of carbonyl (C=O) groups is 1. The maximum Gasteiger partial charge on any atom is 0.228 e. The molecule has 4 aromatic rings. The maximum atomic E-state index is 12.3. The van der Waals surface area contributed by atoms with Gasteiger partial charge in [0.05, 0.1) is 12.1 Å². The molecule has 0 aliphatic rings. The number of carbonyl (C=O) groups excluding carboxylic acids is 1. The molecule has 0 radical (unpaired) electrons.